The number of anilines is 2. The van der Waals surface area contributed by atoms with Crippen molar-refractivity contribution in [3.8, 4) is 6.01 Å². The molecule has 6 nitrogen and oxygen atoms in total. The molecule has 2 aromatic carbocycles. The van der Waals surface area contributed by atoms with E-state index in [0.717, 1.165) is 59.0 Å². The highest BCUT2D eigenvalue weighted by molar-refractivity contribution is 6.36. The molecule has 0 N–H and O–H groups in total. The molecule has 0 amide bonds. The summed E-state index contributed by atoms with van der Waals surface area (Å²) in [5, 5.41) is 2.96. The van der Waals surface area contributed by atoms with E-state index in [1.807, 2.05) is 12.1 Å². The van der Waals surface area contributed by atoms with Gasteiger partial charge in [0.1, 0.15) is 5.82 Å². The molecular formula is C26H25ClN4O2. The van der Waals surface area contributed by atoms with E-state index in [1.54, 1.807) is 7.11 Å². The van der Waals surface area contributed by atoms with Crippen molar-refractivity contribution in [3.63, 3.8) is 0 Å². The Labute approximate surface area is 197 Å². The lowest BCUT2D eigenvalue weighted by molar-refractivity contribution is -0.116. The Bertz CT molecular complexity index is 1280. The molecule has 3 aromatic rings. The average Bonchev–Trinajstić information content (AvgIpc) is 3.35. The number of aromatic nitrogens is 2. The standard InChI is InChI=1S/C26H25ClN4O2/c1-3-22(32)24-17-12-31(13-18(17)24)25-16-10-11-30(14-20(16)28-26(29-25)33-2)21-9-5-7-15-6-4-8-19(27)23(15)21/h3-9,17-18,24H,1,10-14H2,2H3. The topological polar surface area (TPSA) is 58.6 Å². The van der Waals surface area contributed by atoms with E-state index in [-0.39, 0.29) is 11.7 Å². The summed E-state index contributed by atoms with van der Waals surface area (Å²) in [6.45, 7) is 6.88. The molecule has 2 aliphatic heterocycles. The van der Waals surface area contributed by atoms with Gasteiger partial charge < -0.3 is 14.5 Å². The van der Waals surface area contributed by atoms with E-state index in [1.165, 1.54) is 11.6 Å². The van der Waals surface area contributed by atoms with Crippen LogP contribution in [0.1, 0.15) is 11.3 Å². The number of benzene rings is 2. The zero-order valence-electron chi connectivity index (χ0n) is 18.5. The maximum absolute atomic E-state index is 12.1. The molecule has 1 saturated heterocycles. The van der Waals surface area contributed by atoms with Gasteiger partial charge in [0.15, 0.2) is 5.78 Å². The van der Waals surface area contributed by atoms with Crippen molar-refractivity contribution in [2.45, 2.75) is 13.0 Å². The van der Waals surface area contributed by atoms with Crippen LogP contribution >= 0.6 is 11.6 Å². The normalized spacial score (nSPS) is 23.3. The zero-order chi connectivity index (χ0) is 22.7. The second-order valence-corrected chi connectivity index (χ2v) is 9.52. The van der Waals surface area contributed by atoms with Crippen molar-refractivity contribution in [2.75, 3.05) is 36.5 Å². The van der Waals surface area contributed by atoms with Crippen molar-refractivity contribution < 1.29 is 9.53 Å². The van der Waals surface area contributed by atoms with Crippen molar-refractivity contribution in [3.05, 3.63) is 65.3 Å². The van der Waals surface area contributed by atoms with Crippen LogP contribution in [0, 0.1) is 17.8 Å². The van der Waals surface area contributed by atoms with Gasteiger partial charge in [-0.25, -0.2) is 0 Å². The molecule has 1 saturated carbocycles. The number of hydrogen-bond donors (Lipinski definition) is 0. The number of halogens is 1. The maximum atomic E-state index is 12.1. The fourth-order valence-electron chi connectivity index (χ4n) is 5.74. The monoisotopic (exact) mass is 460 g/mol. The predicted molar refractivity (Wildman–Crippen MR) is 130 cm³/mol. The highest BCUT2D eigenvalue weighted by Gasteiger charge is 2.58. The molecular weight excluding hydrogens is 436 g/mol. The van der Waals surface area contributed by atoms with Crippen LogP contribution in [0.25, 0.3) is 10.8 Å². The van der Waals surface area contributed by atoms with Crippen LogP contribution < -0.4 is 14.5 Å². The lowest BCUT2D eigenvalue weighted by Gasteiger charge is -2.33. The van der Waals surface area contributed by atoms with Crippen molar-refractivity contribution in [2.24, 2.45) is 17.8 Å². The van der Waals surface area contributed by atoms with E-state index in [4.69, 9.17) is 26.3 Å². The van der Waals surface area contributed by atoms with Gasteiger partial charge in [-0.3, -0.25) is 4.79 Å². The van der Waals surface area contributed by atoms with Crippen LogP contribution in [-0.2, 0) is 17.8 Å². The number of ether oxygens (including phenoxy) is 1. The molecule has 3 aliphatic rings. The fourth-order valence-corrected chi connectivity index (χ4v) is 6.02. The first-order chi connectivity index (χ1) is 16.1. The Morgan fingerprint density at radius 3 is 2.64 bits per heavy atom. The summed E-state index contributed by atoms with van der Waals surface area (Å²) in [5.41, 5.74) is 3.30. The molecule has 2 unspecified atom stereocenters. The van der Waals surface area contributed by atoms with Gasteiger partial charge in [-0.15, -0.1) is 0 Å². The van der Waals surface area contributed by atoms with Crippen molar-refractivity contribution in [1.82, 2.24) is 9.97 Å². The van der Waals surface area contributed by atoms with Gasteiger partial charge in [-0.2, -0.15) is 9.97 Å². The highest BCUT2D eigenvalue weighted by Crippen LogP contribution is 2.53. The van der Waals surface area contributed by atoms with Crippen molar-refractivity contribution in [1.29, 1.82) is 0 Å². The van der Waals surface area contributed by atoms with E-state index in [9.17, 15) is 4.79 Å². The van der Waals surface area contributed by atoms with E-state index < -0.39 is 0 Å². The van der Waals surface area contributed by atoms with Gasteiger partial charge in [0.2, 0.25) is 0 Å². The summed E-state index contributed by atoms with van der Waals surface area (Å²) in [6.07, 6.45) is 2.31. The van der Waals surface area contributed by atoms with Gasteiger partial charge in [0.05, 0.1) is 24.4 Å². The minimum atomic E-state index is 0.143. The third-order valence-corrected chi connectivity index (χ3v) is 7.72. The Hall–Kier alpha value is -3.12. The number of allylic oxidation sites excluding steroid dienone is 1. The minimum Gasteiger partial charge on any atom is -0.467 e. The first kappa shape index (κ1) is 20.5. The molecule has 168 valence electrons. The van der Waals surface area contributed by atoms with Crippen molar-refractivity contribution >= 4 is 39.7 Å². The Balaban J connectivity index is 1.32. The van der Waals surface area contributed by atoms with E-state index >= 15 is 0 Å². The van der Waals surface area contributed by atoms with Gasteiger partial charge in [0, 0.05) is 42.2 Å². The number of rotatable bonds is 5. The molecule has 7 heteroatoms. The highest BCUT2D eigenvalue weighted by atomic mass is 35.5. The number of fused-ring (bicyclic) bond motifs is 3. The number of nitrogens with zero attached hydrogens (tertiary/aromatic N) is 4. The van der Waals surface area contributed by atoms with E-state index in [2.05, 4.69) is 40.6 Å². The number of carbonyl (C=O) groups excluding carboxylic acids is 1. The Kier molecular flexibility index (Phi) is 4.80. The van der Waals surface area contributed by atoms with Crippen LogP contribution in [0.2, 0.25) is 5.02 Å². The maximum Gasteiger partial charge on any atom is 0.318 e. The fraction of sp³-hybridized carbons (Fsp3) is 0.346. The third-order valence-electron chi connectivity index (χ3n) is 7.40. The van der Waals surface area contributed by atoms with Crippen LogP contribution in [0.15, 0.2) is 49.1 Å². The number of hydrogen-bond acceptors (Lipinski definition) is 6. The molecule has 3 heterocycles. The van der Waals surface area contributed by atoms with Crippen LogP contribution in [0.3, 0.4) is 0 Å². The first-order valence-electron chi connectivity index (χ1n) is 11.4. The van der Waals surface area contributed by atoms with E-state index in [0.29, 0.717) is 24.4 Å². The molecule has 6 rings (SSSR count). The summed E-state index contributed by atoms with van der Waals surface area (Å²) in [6, 6.07) is 12.7. The van der Waals surface area contributed by atoms with Crippen LogP contribution in [0.5, 0.6) is 6.01 Å². The first-order valence-corrected chi connectivity index (χ1v) is 11.7. The summed E-state index contributed by atoms with van der Waals surface area (Å²) in [4.78, 5) is 26.2. The largest absolute Gasteiger partial charge is 0.467 e. The quantitative estimate of drug-likeness (QED) is 0.529. The average molecular weight is 461 g/mol. The minimum absolute atomic E-state index is 0.143. The van der Waals surface area contributed by atoms with Gasteiger partial charge in [-0.1, -0.05) is 42.4 Å². The van der Waals surface area contributed by atoms with Gasteiger partial charge in [-0.05, 0) is 41.9 Å². The lowest BCUT2D eigenvalue weighted by atomic mass is 10.0. The number of carbonyl (C=O) groups is 1. The molecule has 2 fully saturated rings. The number of ketones is 1. The molecule has 0 radical (unpaired) electrons. The second kappa shape index (κ2) is 7.73. The molecule has 33 heavy (non-hydrogen) atoms. The Morgan fingerprint density at radius 2 is 1.91 bits per heavy atom. The predicted octanol–water partition coefficient (Wildman–Crippen LogP) is 4.29. The van der Waals surface area contributed by atoms with Gasteiger partial charge in [0.25, 0.3) is 0 Å². The third kappa shape index (κ3) is 3.27. The smallest absolute Gasteiger partial charge is 0.318 e. The SMILES string of the molecule is C=CC(=O)C1C2CN(c3nc(OC)nc4c3CCN(c3cccc5cccc(Cl)c35)C4)CC21. The number of piperidine rings is 1. The summed E-state index contributed by atoms with van der Waals surface area (Å²) < 4.78 is 5.47. The Morgan fingerprint density at radius 1 is 1.15 bits per heavy atom. The lowest BCUT2D eigenvalue weighted by Crippen LogP contribution is -2.35. The van der Waals surface area contributed by atoms with Crippen LogP contribution in [0.4, 0.5) is 11.5 Å². The molecule has 0 bridgehead atoms. The summed E-state index contributed by atoms with van der Waals surface area (Å²) in [7, 11) is 1.61. The second-order valence-electron chi connectivity index (χ2n) is 9.11. The summed E-state index contributed by atoms with van der Waals surface area (Å²) in [5.74, 6) is 2.10. The molecule has 1 aromatic heterocycles. The van der Waals surface area contributed by atoms with Crippen LogP contribution in [-0.4, -0.2) is 42.5 Å². The molecule has 0 spiro atoms. The van der Waals surface area contributed by atoms with Gasteiger partial charge >= 0.3 is 6.01 Å². The molecule has 1 aliphatic carbocycles. The zero-order valence-corrected chi connectivity index (χ0v) is 19.3. The molecule has 2 atom stereocenters. The number of methoxy groups -OCH3 is 1. The summed E-state index contributed by atoms with van der Waals surface area (Å²) >= 11 is 6.59.